The molecule has 0 bridgehead atoms. The van der Waals surface area contributed by atoms with E-state index in [2.05, 4.69) is 25.4 Å². The molecule has 142 valence electrons. The van der Waals surface area contributed by atoms with Crippen molar-refractivity contribution in [2.45, 2.75) is 18.9 Å². The second-order valence-electron chi connectivity index (χ2n) is 7.07. The molecule has 4 heterocycles. The fraction of sp³-hybridized carbons (Fsp3) is 0.316. The highest BCUT2D eigenvalue weighted by Crippen LogP contribution is 2.51. The van der Waals surface area contributed by atoms with Gasteiger partial charge in [0.1, 0.15) is 5.15 Å². The van der Waals surface area contributed by atoms with E-state index >= 15 is 0 Å². The fourth-order valence-corrected chi connectivity index (χ4v) is 4.12. The zero-order valence-electron chi connectivity index (χ0n) is 15.0. The maximum absolute atomic E-state index is 13.1. The molecular weight excluding hydrogens is 380 g/mol. The Morgan fingerprint density at radius 1 is 1.36 bits per heavy atom. The van der Waals surface area contributed by atoms with Gasteiger partial charge in [0.15, 0.2) is 5.82 Å². The van der Waals surface area contributed by atoms with Crippen molar-refractivity contribution in [3.05, 3.63) is 47.4 Å². The predicted molar refractivity (Wildman–Crippen MR) is 102 cm³/mol. The summed E-state index contributed by atoms with van der Waals surface area (Å²) in [6.45, 7) is 0. The van der Waals surface area contributed by atoms with E-state index in [1.807, 2.05) is 17.0 Å². The van der Waals surface area contributed by atoms with Crippen LogP contribution in [-0.4, -0.2) is 44.4 Å². The van der Waals surface area contributed by atoms with Gasteiger partial charge in [-0.05, 0) is 36.5 Å². The second-order valence-corrected chi connectivity index (χ2v) is 7.46. The van der Waals surface area contributed by atoms with Crippen LogP contribution in [0, 0.1) is 11.8 Å². The van der Waals surface area contributed by atoms with Gasteiger partial charge in [0, 0.05) is 24.2 Å². The minimum absolute atomic E-state index is 0.0507. The van der Waals surface area contributed by atoms with Crippen molar-refractivity contribution >= 4 is 23.3 Å². The summed E-state index contributed by atoms with van der Waals surface area (Å²) < 4.78 is 5.26. The summed E-state index contributed by atoms with van der Waals surface area (Å²) in [7, 11) is 1.54. The summed E-state index contributed by atoms with van der Waals surface area (Å²) in [5, 5.41) is 15.6. The molecule has 3 atom stereocenters. The molecule has 0 radical (unpaired) electrons. The van der Waals surface area contributed by atoms with Gasteiger partial charge in [-0.25, -0.2) is 4.98 Å². The summed E-state index contributed by atoms with van der Waals surface area (Å²) in [4.78, 5) is 19.0. The Labute approximate surface area is 165 Å². The first kappa shape index (κ1) is 17.1. The predicted octanol–water partition coefficient (Wildman–Crippen LogP) is 2.52. The lowest BCUT2D eigenvalue weighted by Gasteiger charge is -2.18. The van der Waals surface area contributed by atoms with Crippen LogP contribution in [0.2, 0.25) is 5.15 Å². The highest BCUT2D eigenvalue weighted by atomic mass is 35.5. The first-order valence-corrected chi connectivity index (χ1v) is 9.38. The zero-order valence-corrected chi connectivity index (χ0v) is 15.8. The Morgan fingerprint density at radius 2 is 2.25 bits per heavy atom. The third-order valence-electron chi connectivity index (χ3n) is 5.43. The van der Waals surface area contributed by atoms with Crippen molar-refractivity contribution in [2.24, 2.45) is 11.8 Å². The Morgan fingerprint density at radius 3 is 3.04 bits per heavy atom. The summed E-state index contributed by atoms with van der Waals surface area (Å²) in [5.74, 6) is 1.45. The molecule has 28 heavy (non-hydrogen) atoms. The smallest absolute Gasteiger partial charge is 0.242 e. The highest BCUT2D eigenvalue weighted by molar-refractivity contribution is 6.29. The van der Waals surface area contributed by atoms with E-state index in [-0.39, 0.29) is 17.9 Å². The molecule has 9 heteroatoms. The average molecular weight is 397 g/mol. The van der Waals surface area contributed by atoms with Crippen LogP contribution in [0.4, 0.5) is 5.82 Å². The summed E-state index contributed by atoms with van der Waals surface area (Å²) in [6.07, 6.45) is 5.00. The lowest BCUT2D eigenvalue weighted by Crippen LogP contribution is -2.32. The van der Waals surface area contributed by atoms with Crippen LogP contribution in [0.15, 0.2) is 36.7 Å². The Balaban J connectivity index is 1.39. The number of pyridine rings is 1. The third-order valence-corrected chi connectivity index (χ3v) is 5.66. The van der Waals surface area contributed by atoms with Gasteiger partial charge < -0.3 is 4.74 Å². The van der Waals surface area contributed by atoms with Gasteiger partial charge in [-0.2, -0.15) is 10.2 Å². The number of piperidine rings is 1. The summed E-state index contributed by atoms with van der Waals surface area (Å²) in [6, 6.07) is 7.56. The number of hydrogen-bond donors (Lipinski definition) is 1. The standard InChI is InChI=1S/C19H17ClN6O2/c1-28-18-11(4-5-22-25-18)14-8-17(24-23-14)26-15-7-12(15)13(19(26)27)6-10-2-3-16(20)21-9-10/h2-5,8-9,12-13,15H,6-7H2,1H3,(H,23,24)/t12-,13+,15-/m0/s1. The van der Waals surface area contributed by atoms with Gasteiger partial charge in [0.2, 0.25) is 11.8 Å². The van der Waals surface area contributed by atoms with Gasteiger partial charge in [0.25, 0.3) is 0 Å². The molecule has 1 aliphatic carbocycles. The Kier molecular flexibility index (Phi) is 4.01. The Hall–Kier alpha value is -3.00. The van der Waals surface area contributed by atoms with Crippen LogP contribution in [0.1, 0.15) is 12.0 Å². The third kappa shape index (κ3) is 2.80. The van der Waals surface area contributed by atoms with Crippen molar-refractivity contribution in [1.29, 1.82) is 0 Å². The molecule has 2 fully saturated rings. The number of ether oxygens (including phenoxy) is 1. The topological polar surface area (TPSA) is 96.9 Å². The van der Waals surface area contributed by atoms with E-state index in [0.29, 0.717) is 29.2 Å². The molecule has 1 saturated heterocycles. The van der Waals surface area contributed by atoms with E-state index in [4.69, 9.17) is 16.3 Å². The van der Waals surface area contributed by atoms with Gasteiger partial charge in [-0.15, -0.1) is 5.10 Å². The molecule has 0 spiro atoms. The van der Waals surface area contributed by atoms with Gasteiger partial charge in [-0.1, -0.05) is 17.7 Å². The van der Waals surface area contributed by atoms with Crippen molar-refractivity contribution in [3.8, 4) is 17.1 Å². The maximum atomic E-state index is 13.1. The number of halogens is 1. The number of hydrogen-bond acceptors (Lipinski definition) is 6. The molecule has 1 amide bonds. The number of aromatic nitrogens is 5. The van der Waals surface area contributed by atoms with Crippen LogP contribution in [0.5, 0.6) is 5.88 Å². The number of carbonyl (C=O) groups is 1. The second kappa shape index (κ2) is 6.56. The number of amides is 1. The molecule has 2 aliphatic rings. The molecule has 1 N–H and O–H groups in total. The van der Waals surface area contributed by atoms with Crippen LogP contribution in [0.3, 0.4) is 0 Å². The Bertz CT molecular complexity index is 1040. The molecule has 8 nitrogen and oxygen atoms in total. The molecule has 0 unspecified atom stereocenters. The fourth-order valence-electron chi connectivity index (χ4n) is 4.00. The monoisotopic (exact) mass is 396 g/mol. The van der Waals surface area contributed by atoms with E-state index < -0.39 is 0 Å². The van der Waals surface area contributed by atoms with Gasteiger partial charge in [0.05, 0.1) is 24.6 Å². The number of anilines is 1. The molecule has 1 aliphatic heterocycles. The molecule has 0 aromatic carbocycles. The summed E-state index contributed by atoms with van der Waals surface area (Å²) in [5.41, 5.74) is 2.50. The van der Waals surface area contributed by atoms with Crippen molar-refractivity contribution in [3.63, 3.8) is 0 Å². The minimum atomic E-state index is -0.0507. The molecular formula is C19H17ClN6O2. The molecule has 3 aromatic rings. The SMILES string of the molecule is COc1nnccc1-c1cc(N2C(=O)[C@H](Cc3ccc(Cl)nc3)[C@@H]3C[C@@H]32)n[nH]1. The average Bonchev–Trinajstić information content (AvgIpc) is 3.23. The largest absolute Gasteiger partial charge is 0.479 e. The van der Waals surface area contributed by atoms with Crippen LogP contribution >= 0.6 is 11.6 Å². The number of aromatic amines is 1. The first-order valence-electron chi connectivity index (χ1n) is 9.00. The maximum Gasteiger partial charge on any atom is 0.242 e. The lowest BCUT2D eigenvalue weighted by atomic mass is 9.96. The number of H-pyrrole nitrogens is 1. The van der Waals surface area contributed by atoms with Gasteiger partial charge >= 0.3 is 0 Å². The van der Waals surface area contributed by atoms with Crippen molar-refractivity contribution in [2.75, 3.05) is 12.0 Å². The lowest BCUT2D eigenvalue weighted by molar-refractivity contribution is -0.121. The number of methoxy groups -OCH3 is 1. The number of carbonyl (C=O) groups excluding carboxylic acids is 1. The normalized spacial score (nSPS) is 23.0. The highest BCUT2D eigenvalue weighted by Gasteiger charge is 2.59. The van der Waals surface area contributed by atoms with E-state index in [0.717, 1.165) is 23.2 Å². The van der Waals surface area contributed by atoms with Crippen molar-refractivity contribution in [1.82, 2.24) is 25.4 Å². The molecule has 1 saturated carbocycles. The quantitative estimate of drug-likeness (QED) is 0.665. The number of nitrogens with zero attached hydrogens (tertiary/aromatic N) is 5. The first-order chi connectivity index (χ1) is 13.7. The molecule has 3 aromatic heterocycles. The van der Waals surface area contributed by atoms with E-state index in [1.54, 1.807) is 31.6 Å². The number of fused-ring (bicyclic) bond motifs is 1. The number of nitrogens with one attached hydrogen (secondary N) is 1. The van der Waals surface area contributed by atoms with Crippen LogP contribution in [0.25, 0.3) is 11.3 Å². The number of rotatable bonds is 5. The minimum Gasteiger partial charge on any atom is -0.479 e. The van der Waals surface area contributed by atoms with E-state index in [9.17, 15) is 4.79 Å². The van der Waals surface area contributed by atoms with Crippen LogP contribution < -0.4 is 9.64 Å². The van der Waals surface area contributed by atoms with E-state index in [1.165, 1.54) is 0 Å². The van der Waals surface area contributed by atoms with Crippen molar-refractivity contribution < 1.29 is 9.53 Å². The summed E-state index contributed by atoms with van der Waals surface area (Å²) >= 11 is 5.86. The zero-order chi connectivity index (χ0) is 19.3. The van der Waals surface area contributed by atoms with Gasteiger partial charge in [-0.3, -0.25) is 14.8 Å². The molecule has 5 rings (SSSR count). The van der Waals surface area contributed by atoms with Crippen LogP contribution in [-0.2, 0) is 11.2 Å².